The first kappa shape index (κ1) is 10.5. The summed E-state index contributed by atoms with van der Waals surface area (Å²) in [7, 11) is 1.28. The molecule has 1 heterocycles. The van der Waals surface area contributed by atoms with E-state index in [0.29, 0.717) is 4.47 Å². The lowest BCUT2D eigenvalue weighted by molar-refractivity contribution is 0.0600. The molecule has 0 fully saturated rings. The van der Waals surface area contributed by atoms with Crippen molar-refractivity contribution in [3.63, 3.8) is 0 Å². The molecule has 0 aliphatic heterocycles. The van der Waals surface area contributed by atoms with Crippen LogP contribution < -0.4 is 0 Å². The third kappa shape index (κ3) is 2.21. The maximum Gasteiger partial charge on any atom is 0.339 e. The molecule has 14 heavy (non-hydrogen) atoms. The maximum absolute atomic E-state index is 11.0. The van der Waals surface area contributed by atoms with Crippen molar-refractivity contribution in [3.8, 4) is 0 Å². The Morgan fingerprint density at radius 2 is 2.50 bits per heavy atom. The molecular weight excluding hydrogens is 252 g/mol. The van der Waals surface area contributed by atoms with Crippen LogP contribution in [-0.4, -0.2) is 18.1 Å². The minimum absolute atomic E-state index is 0.181. The predicted octanol–water partition coefficient (Wildman–Crippen LogP) is 2.57. The van der Waals surface area contributed by atoms with Crippen LogP contribution in [-0.2, 0) is 4.74 Å². The number of carbonyl (C=O) groups is 1. The summed E-state index contributed by atoms with van der Waals surface area (Å²) < 4.78 is 4.93. The number of pyridine rings is 1. The highest BCUT2D eigenvalue weighted by molar-refractivity contribution is 9.10. The summed E-state index contributed by atoms with van der Waals surface area (Å²) in [6, 6.07) is 1.48. The van der Waals surface area contributed by atoms with E-state index < -0.39 is 5.97 Å². The third-order valence-electron chi connectivity index (χ3n) is 1.38. The highest BCUT2D eigenvalue weighted by Crippen LogP contribution is 2.23. The molecule has 1 aromatic rings. The zero-order valence-corrected chi connectivity index (χ0v) is 8.72. The average molecular weight is 257 g/mol. The molecule has 0 aromatic carbocycles. The van der Waals surface area contributed by atoms with E-state index in [0.717, 1.165) is 0 Å². The van der Waals surface area contributed by atoms with Crippen LogP contribution in [0.5, 0.6) is 0 Å². The van der Waals surface area contributed by atoms with Gasteiger partial charge in [0.1, 0.15) is 5.82 Å². The summed E-state index contributed by atoms with van der Waals surface area (Å²) in [6.45, 7) is 0. The molecule has 0 unspecified atom stereocenters. The molecule has 0 saturated heterocycles. The van der Waals surface area contributed by atoms with Crippen molar-refractivity contribution in [1.29, 1.82) is 0 Å². The number of carbonyl (C=O) groups excluding carboxylic acids is 1. The van der Waals surface area contributed by atoms with Gasteiger partial charge in [0.25, 0.3) is 0 Å². The van der Waals surface area contributed by atoms with E-state index in [1.165, 1.54) is 19.4 Å². The van der Waals surface area contributed by atoms with Crippen molar-refractivity contribution in [2.24, 2.45) is 5.11 Å². The fraction of sp³-hybridized carbons (Fsp3) is 0.143. The van der Waals surface area contributed by atoms with Crippen LogP contribution in [0.3, 0.4) is 0 Å². The van der Waals surface area contributed by atoms with Gasteiger partial charge in [-0.25, -0.2) is 4.79 Å². The number of rotatable bonds is 2. The fourth-order valence-corrected chi connectivity index (χ4v) is 1.20. The minimum atomic E-state index is -0.495. The van der Waals surface area contributed by atoms with E-state index in [2.05, 4.69) is 35.7 Å². The summed E-state index contributed by atoms with van der Waals surface area (Å²) in [5.41, 5.74) is 8.46. The van der Waals surface area contributed by atoms with Gasteiger partial charge in [-0.2, -0.15) is 0 Å². The SMILES string of the molecule is COC(=O)c1cnc(N=[N+]=[N-])c(Br)c1. The van der Waals surface area contributed by atoms with E-state index in [4.69, 9.17) is 5.53 Å². The monoisotopic (exact) mass is 256 g/mol. The first-order chi connectivity index (χ1) is 6.69. The number of halogens is 1. The normalized spacial score (nSPS) is 9.00. The second-order valence-corrected chi connectivity index (χ2v) is 3.06. The van der Waals surface area contributed by atoms with Crippen LogP contribution in [0.15, 0.2) is 21.9 Å². The van der Waals surface area contributed by atoms with Gasteiger partial charge in [-0.05, 0) is 32.6 Å². The Balaban J connectivity index is 3.12. The lowest BCUT2D eigenvalue weighted by Gasteiger charge is -2.00. The molecule has 0 spiro atoms. The summed E-state index contributed by atoms with van der Waals surface area (Å²) in [4.78, 5) is 17.4. The van der Waals surface area contributed by atoms with Crippen LogP contribution >= 0.6 is 15.9 Å². The molecule has 0 aliphatic carbocycles. The summed E-state index contributed by atoms with van der Waals surface area (Å²) in [5, 5.41) is 3.30. The fourth-order valence-electron chi connectivity index (χ4n) is 0.776. The molecule has 72 valence electrons. The van der Waals surface area contributed by atoms with Gasteiger partial charge in [0, 0.05) is 15.6 Å². The van der Waals surface area contributed by atoms with Gasteiger partial charge in [-0.15, -0.1) is 0 Å². The van der Waals surface area contributed by atoms with Crippen LogP contribution in [0, 0.1) is 0 Å². The Labute approximate surface area is 87.7 Å². The Kier molecular flexibility index (Phi) is 3.44. The Morgan fingerprint density at radius 1 is 1.79 bits per heavy atom. The second kappa shape index (κ2) is 4.59. The van der Waals surface area contributed by atoms with E-state index >= 15 is 0 Å². The standard InChI is InChI=1S/C7H5BrN4O2/c1-14-7(13)4-2-5(8)6(10-3-4)11-12-9/h2-3H,1H3. The van der Waals surface area contributed by atoms with Crippen LogP contribution in [0.2, 0.25) is 0 Å². The largest absolute Gasteiger partial charge is 0.465 e. The molecule has 0 amide bonds. The van der Waals surface area contributed by atoms with Crippen LogP contribution in [0.4, 0.5) is 5.82 Å². The molecule has 6 nitrogen and oxygen atoms in total. The molecule has 0 bridgehead atoms. The highest BCUT2D eigenvalue weighted by atomic mass is 79.9. The second-order valence-electron chi connectivity index (χ2n) is 2.21. The predicted molar refractivity (Wildman–Crippen MR) is 52.1 cm³/mol. The highest BCUT2D eigenvalue weighted by Gasteiger charge is 2.08. The van der Waals surface area contributed by atoms with Crippen molar-refractivity contribution in [3.05, 3.63) is 32.7 Å². The molecule has 1 rings (SSSR count). The number of aromatic nitrogens is 1. The average Bonchev–Trinajstić information content (AvgIpc) is 2.20. The van der Waals surface area contributed by atoms with Gasteiger partial charge in [-0.1, -0.05) is 0 Å². The van der Waals surface area contributed by atoms with Crippen LogP contribution in [0.1, 0.15) is 10.4 Å². The molecule has 0 radical (unpaired) electrons. The Morgan fingerprint density at radius 3 is 3.00 bits per heavy atom. The molecule has 0 aliphatic rings. The number of azide groups is 1. The van der Waals surface area contributed by atoms with E-state index in [9.17, 15) is 4.79 Å². The first-order valence-electron chi connectivity index (χ1n) is 3.48. The quantitative estimate of drug-likeness (QED) is 0.353. The smallest absolute Gasteiger partial charge is 0.339 e. The van der Waals surface area contributed by atoms with Crippen molar-refractivity contribution < 1.29 is 9.53 Å². The number of nitrogens with zero attached hydrogens (tertiary/aromatic N) is 4. The van der Waals surface area contributed by atoms with Gasteiger partial charge in [0.15, 0.2) is 0 Å². The van der Waals surface area contributed by atoms with Gasteiger partial charge >= 0.3 is 5.97 Å². The summed E-state index contributed by atoms with van der Waals surface area (Å²) in [6.07, 6.45) is 1.28. The van der Waals surface area contributed by atoms with Crippen molar-refractivity contribution >= 4 is 27.7 Å². The molecule has 0 atom stereocenters. The van der Waals surface area contributed by atoms with Crippen LogP contribution in [0.25, 0.3) is 10.4 Å². The lowest BCUT2D eigenvalue weighted by atomic mass is 10.3. The van der Waals surface area contributed by atoms with Gasteiger partial charge in [-0.3, -0.25) is 4.98 Å². The zero-order chi connectivity index (χ0) is 10.6. The number of hydrogen-bond donors (Lipinski definition) is 0. The van der Waals surface area contributed by atoms with Crippen molar-refractivity contribution in [2.45, 2.75) is 0 Å². The molecule has 1 aromatic heterocycles. The molecule has 7 heteroatoms. The lowest BCUT2D eigenvalue weighted by Crippen LogP contribution is -2.01. The minimum Gasteiger partial charge on any atom is -0.465 e. The van der Waals surface area contributed by atoms with Crippen molar-refractivity contribution in [2.75, 3.05) is 7.11 Å². The summed E-state index contributed by atoms with van der Waals surface area (Å²) in [5.74, 6) is -0.314. The van der Waals surface area contributed by atoms with Gasteiger partial charge in [0.2, 0.25) is 0 Å². The Bertz CT molecular complexity index is 414. The maximum atomic E-state index is 11.0. The van der Waals surface area contributed by atoms with Crippen molar-refractivity contribution in [1.82, 2.24) is 4.98 Å². The third-order valence-corrected chi connectivity index (χ3v) is 1.97. The molecule has 0 saturated carbocycles. The zero-order valence-electron chi connectivity index (χ0n) is 7.14. The summed E-state index contributed by atoms with van der Waals surface area (Å²) >= 11 is 3.11. The Hall–Kier alpha value is -1.59. The molecule has 0 N–H and O–H groups in total. The van der Waals surface area contributed by atoms with Gasteiger partial charge < -0.3 is 4.74 Å². The number of hydrogen-bond acceptors (Lipinski definition) is 4. The molecular formula is C7H5BrN4O2. The number of methoxy groups -OCH3 is 1. The van der Waals surface area contributed by atoms with Gasteiger partial charge in [0.05, 0.1) is 12.7 Å². The number of ether oxygens (including phenoxy) is 1. The van der Waals surface area contributed by atoms with E-state index in [-0.39, 0.29) is 11.4 Å². The van der Waals surface area contributed by atoms with E-state index in [1.54, 1.807) is 0 Å². The van der Waals surface area contributed by atoms with E-state index in [1.807, 2.05) is 0 Å². The topological polar surface area (TPSA) is 88.0 Å². The first-order valence-corrected chi connectivity index (χ1v) is 4.27. The number of esters is 1.